The van der Waals surface area contributed by atoms with Gasteiger partial charge in [-0.2, -0.15) is 0 Å². The van der Waals surface area contributed by atoms with E-state index in [1.54, 1.807) is 38.6 Å². The second-order valence-corrected chi connectivity index (χ2v) is 7.23. The molecule has 5 rings (SSSR count). The van der Waals surface area contributed by atoms with Crippen molar-refractivity contribution < 1.29 is 14.3 Å². The number of nitrogens with one attached hydrogen (secondary N) is 1. The maximum atomic E-state index is 12.6. The van der Waals surface area contributed by atoms with Gasteiger partial charge in [-0.1, -0.05) is 0 Å². The molecule has 1 amide bonds. The number of benzene rings is 1. The van der Waals surface area contributed by atoms with E-state index >= 15 is 0 Å². The quantitative estimate of drug-likeness (QED) is 0.813. The average Bonchev–Trinajstić information content (AvgIpc) is 2.71. The van der Waals surface area contributed by atoms with Gasteiger partial charge in [0.15, 0.2) is 0 Å². The summed E-state index contributed by atoms with van der Waals surface area (Å²) in [6, 6.07) is 8.05. The van der Waals surface area contributed by atoms with Gasteiger partial charge in [0.2, 0.25) is 5.91 Å². The van der Waals surface area contributed by atoms with Crippen LogP contribution in [0.25, 0.3) is 0 Å². The van der Waals surface area contributed by atoms with E-state index in [1.807, 2.05) is 13.0 Å². The first-order valence-corrected chi connectivity index (χ1v) is 9.39. The number of fused-ring (bicyclic) bond motifs is 2. The van der Waals surface area contributed by atoms with Crippen LogP contribution in [0.1, 0.15) is 12.2 Å². The Morgan fingerprint density at radius 2 is 1.86 bits per heavy atom. The Morgan fingerprint density at radius 1 is 1.18 bits per heavy atom. The molecule has 0 saturated carbocycles. The minimum absolute atomic E-state index is 0.0312. The number of hydrogen-bond donors (Lipinski definition) is 1. The molecule has 1 aromatic heterocycles. The second kappa shape index (κ2) is 7.63. The predicted molar refractivity (Wildman–Crippen MR) is 106 cm³/mol. The van der Waals surface area contributed by atoms with Crippen molar-refractivity contribution >= 4 is 17.4 Å². The minimum atomic E-state index is -0.0312. The summed E-state index contributed by atoms with van der Waals surface area (Å²) in [5.74, 6) is 3.00. The maximum Gasteiger partial charge on any atom is 0.238 e. The van der Waals surface area contributed by atoms with Crippen molar-refractivity contribution in [1.82, 2.24) is 14.9 Å². The van der Waals surface area contributed by atoms with Crippen molar-refractivity contribution in [2.24, 2.45) is 0 Å². The molecule has 3 fully saturated rings. The number of carbonyl (C=O) groups is 1. The summed E-state index contributed by atoms with van der Waals surface area (Å²) in [5, 5.41) is 2.96. The molecule has 0 spiro atoms. The molecule has 1 N–H and O–H groups in total. The molecule has 4 heterocycles. The van der Waals surface area contributed by atoms with Gasteiger partial charge in [0.05, 0.1) is 20.8 Å². The predicted octanol–water partition coefficient (Wildman–Crippen LogP) is 1.70. The molecule has 3 aliphatic heterocycles. The molecule has 0 radical (unpaired) electrons. The molecule has 2 aromatic rings. The highest BCUT2D eigenvalue weighted by Crippen LogP contribution is 2.34. The van der Waals surface area contributed by atoms with Crippen molar-refractivity contribution in [2.45, 2.75) is 25.4 Å². The molecule has 8 nitrogen and oxygen atoms in total. The molecule has 148 valence electrons. The Kier molecular flexibility index (Phi) is 5.04. The number of piperidine rings is 1. The third-order valence-electron chi connectivity index (χ3n) is 5.39. The van der Waals surface area contributed by atoms with E-state index in [4.69, 9.17) is 9.47 Å². The number of piperazine rings is 1. The van der Waals surface area contributed by atoms with E-state index in [2.05, 4.69) is 25.1 Å². The molecule has 2 atom stereocenters. The lowest BCUT2D eigenvalue weighted by Gasteiger charge is -2.56. The lowest BCUT2D eigenvalue weighted by atomic mass is 9.87. The molecular weight excluding hydrogens is 358 g/mol. The molecule has 2 unspecified atom stereocenters. The largest absolute Gasteiger partial charge is 0.497 e. The summed E-state index contributed by atoms with van der Waals surface area (Å²) >= 11 is 0. The van der Waals surface area contributed by atoms with E-state index < -0.39 is 0 Å². The van der Waals surface area contributed by atoms with E-state index in [1.165, 1.54) is 0 Å². The fraction of sp³-hybridized carbons (Fsp3) is 0.450. The van der Waals surface area contributed by atoms with Crippen molar-refractivity contribution in [3.8, 4) is 11.5 Å². The van der Waals surface area contributed by atoms with Gasteiger partial charge in [-0.15, -0.1) is 0 Å². The maximum absolute atomic E-state index is 12.6. The smallest absolute Gasteiger partial charge is 0.238 e. The first-order chi connectivity index (χ1) is 13.6. The highest BCUT2D eigenvalue weighted by atomic mass is 16.5. The Hall–Kier alpha value is -2.87. The van der Waals surface area contributed by atoms with Crippen LogP contribution >= 0.6 is 0 Å². The SMILES string of the molecule is COc1cc(NC(=O)CN2C3CC2CN(c2ccnc(C)n2)C3)cc(OC)c1. The number of aryl methyl sites for hydroxylation is 1. The van der Waals surface area contributed by atoms with Gasteiger partial charge in [-0.3, -0.25) is 9.69 Å². The van der Waals surface area contributed by atoms with Gasteiger partial charge in [0.25, 0.3) is 0 Å². The van der Waals surface area contributed by atoms with E-state index in [0.717, 1.165) is 31.2 Å². The molecule has 3 saturated heterocycles. The van der Waals surface area contributed by atoms with Crippen LogP contribution < -0.4 is 19.7 Å². The summed E-state index contributed by atoms with van der Waals surface area (Å²) in [4.78, 5) is 25.8. The van der Waals surface area contributed by atoms with Crippen LogP contribution in [0, 0.1) is 6.92 Å². The van der Waals surface area contributed by atoms with E-state index in [0.29, 0.717) is 35.8 Å². The number of carbonyl (C=O) groups excluding carboxylic acids is 1. The van der Waals surface area contributed by atoms with Gasteiger partial charge in [-0.05, 0) is 19.4 Å². The van der Waals surface area contributed by atoms with Crippen LogP contribution in [0.4, 0.5) is 11.5 Å². The number of hydrogen-bond acceptors (Lipinski definition) is 7. The molecule has 3 aliphatic rings. The van der Waals surface area contributed by atoms with Crippen molar-refractivity contribution in [3.63, 3.8) is 0 Å². The molecular formula is C20H25N5O3. The fourth-order valence-corrected chi connectivity index (χ4v) is 4.00. The van der Waals surface area contributed by atoms with Crippen LogP contribution in [0.15, 0.2) is 30.5 Å². The Balaban J connectivity index is 1.36. The van der Waals surface area contributed by atoms with Gasteiger partial charge < -0.3 is 19.7 Å². The zero-order valence-electron chi connectivity index (χ0n) is 16.4. The van der Waals surface area contributed by atoms with E-state index in [9.17, 15) is 4.79 Å². The van der Waals surface area contributed by atoms with Crippen LogP contribution in [-0.4, -0.2) is 66.7 Å². The normalized spacial score (nSPS) is 21.0. The van der Waals surface area contributed by atoms with Gasteiger partial charge >= 0.3 is 0 Å². The standard InChI is InChI=1S/C20H25N5O3/c1-13-21-5-4-19(22-13)24-10-15-8-16(11-24)25(15)12-20(26)23-14-6-17(27-2)9-18(7-14)28-3/h4-7,9,15-16H,8,10-12H2,1-3H3,(H,23,26). The molecule has 2 bridgehead atoms. The van der Waals surface area contributed by atoms with Gasteiger partial charge in [0, 0.05) is 55.3 Å². The van der Waals surface area contributed by atoms with Crippen LogP contribution in [0.2, 0.25) is 0 Å². The molecule has 8 heteroatoms. The topological polar surface area (TPSA) is 79.8 Å². The zero-order chi connectivity index (χ0) is 19.7. The van der Waals surface area contributed by atoms with Gasteiger partial charge in [0.1, 0.15) is 23.1 Å². The summed E-state index contributed by atoms with van der Waals surface area (Å²) in [6.07, 6.45) is 2.92. The number of rotatable bonds is 6. The third-order valence-corrected chi connectivity index (χ3v) is 5.39. The third kappa shape index (κ3) is 3.73. The second-order valence-electron chi connectivity index (χ2n) is 7.23. The number of methoxy groups -OCH3 is 2. The molecule has 1 aromatic carbocycles. The lowest BCUT2D eigenvalue weighted by Crippen LogP contribution is -2.69. The highest BCUT2D eigenvalue weighted by molar-refractivity contribution is 5.92. The lowest BCUT2D eigenvalue weighted by molar-refractivity contribution is -0.121. The molecule has 28 heavy (non-hydrogen) atoms. The first-order valence-electron chi connectivity index (χ1n) is 9.39. The summed E-state index contributed by atoms with van der Waals surface area (Å²) in [6.45, 7) is 4.05. The van der Waals surface area contributed by atoms with Crippen molar-refractivity contribution in [3.05, 3.63) is 36.3 Å². The Morgan fingerprint density at radius 3 is 2.46 bits per heavy atom. The Labute approximate surface area is 164 Å². The summed E-state index contributed by atoms with van der Waals surface area (Å²) in [7, 11) is 3.18. The van der Waals surface area contributed by atoms with Crippen LogP contribution in [0.3, 0.4) is 0 Å². The number of ether oxygens (including phenoxy) is 2. The number of nitrogens with zero attached hydrogens (tertiary/aromatic N) is 4. The Bertz CT molecular complexity index is 840. The fourth-order valence-electron chi connectivity index (χ4n) is 4.00. The highest BCUT2D eigenvalue weighted by Gasteiger charge is 2.45. The minimum Gasteiger partial charge on any atom is -0.497 e. The van der Waals surface area contributed by atoms with E-state index in [-0.39, 0.29) is 5.91 Å². The zero-order valence-corrected chi connectivity index (χ0v) is 16.4. The van der Waals surface area contributed by atoms with Crippen LogP contribution in [-0.2, 0) is 4.79 Å². The number of aromatic nitrogens is 2. The van der Waals surface area contributed by atoms with Crippen LogP contribution in [0.5, 0.6) is 11.5 Å². The monoisotopic (exact) mass is 383 g/mol. The van der Waals surface area contributed by atoms with Crippen molar-refractivity contribution in [1.29, 1.82) is 0 Å². The first kappa shape index (κ1) is 18.5. The number of anilines is 2. The average molecular weight is 383 g/mol. The number of amides is 1. The van der Waals surface area contributed by atoms with Gasteiger partial charge in [-0.25, -0.2) is 9.97 Å². The summed E-state index contributed by atoms with van der Waals surface area (Å²) in [5.41, 5.74) is 0.671. The summed E-state index contributed by atoms with van der Waals surface area (Å²) < 4.78 is 10.5. The van der Waals surface area contributed by atoms with Crippen molar-refractivity contribution in [2.75, 3.05) is 44.1 Å². The molecule has 0 aliphatic carbocycles.